The van der Waals surface area contributed by atoms with Crippen molar-refractivity contribution in [3.8, 4) is 0 Å². The normalized spacial score (nSPS) is 16.9. The predicted octanol–water partition coefficient (Wildman–Crippen LogP) is 5.36. The molecule has 0 unspecified atom stereocenters. The lowest BCUT2D eigenvalue weighted by Gasteiger charge is -2.36. The molecule has 0 saturated heterocycles. The van der Waals surface area contributed by atoms with Crippen molar-refractivity contribution < 1.29 is 14.3 Å². The van der Waals surface area contributed by atoms with E-state index in [4.69, 9.17) is 9.73 Å². The molecule has 2 aliphatic heterocycles. The Hall–Kier alpha value is -3.78. The molecule has 2 aromatic carbocycles. The maximum Gasteiger partial charge on any atom is 0.338 e. The minimum Gasteiger partial charge on any atom is -0.466 e. The fourth-order valence-electron chi connectivity index (χ4n) is 4.97. The zero-order chi connectivity index (χ0) is 25.9. The summed E-state index contributed by atoms with van der Waals surface area (Å²) in [6, 6.07) is 15.9. The third-order valence-electron chi connectivity index (χ3n) is 6.72. The Morgan fingerprint density at radius 1 is 1.19 bits per heavy atom. The first-order valence-corrected chi connectivity index (χ1v) is 13.3. The standard InChI is InChI=1S/C29H30N4O3S/c1-4-23-26(28(35)36-3)27(19-9-7-8-18(2)14-19)33-21(17-37-29(33)32-23)15-25(34)30-13-12-20-16-31-24-11-6-5-10-22(20)24/h5-11,14,16-17,27,31H,4,12-13,15H2,1-3H3,(H,30,34)/t27-/m0/s1. The number of rotatable bonds is 8. The van der Waals surface area contributed by atoms with E-state index in [-0.39, 0.29) is 12.3 Å². The van der Waals surface area contributed by atoms with E-state index < -0.39 is 12.0 Å². The number of nitrogens with one attached hydrogen (secondary N) is 2. The van der Waals surface area contributed by atoms with Gasteiger partial charge >= 0.3 is 5.97 Å². The molecule has 0 spiro atoms. The van der Waals surface area contributed by atoms with E-state index in [1.807, 2.05) is 66.8 Å². The lowest BCUT2D eigenvalue weighted by Crippen LogP contribution is -2.38. The summed E-state index contributed by atoms with van der Waals surface area (Å²) in [5.41, 5.74) is 6.38. The summed E-state index contributed by atoms with van der Waals surface area (Å²) < 4.78 is 5.19. The number of allylic oxidation sites excluding steroid dienone is 1. The summed E-state index contributed by atoms with van der Waals surface area (Å²) in [5, 5.41) is 6.98. The Labute approximate surface area is 220 Å². The molecule has 0 aliphatic carbocycles. The molecule has 1 aromatic heterocycles. The highest BCUT2D eigenvalue weighted by atomic mass is 32.2. The van der Waals surface area contributed by atoms with Gasteiger partial charge < -0.3 is 19.9 Å². The third-order valence-corrected chi connectivity index (χ3v) is 7.61. The van der Waals surface area contributed by atoms with Crippen molar-refractivity contribution in [1.82, 2.24) is 15.2 Å². The van der Waals surface area contributed by atoms with Gasteiger partial charge in [-0.1, -0.05) is 66.7 Å². The molecule has 0 fully saturated rings. The van der Waals surface area contributed by atoms with E-state index in [2.05, 4.69) is 22.4 Å². The first-order chi connectivity index (χ1) is 18.0. The molecule has 190 valence electrons. The van der Waals surface area contributed by atoms with Gasteiger partial charge in [0.15, 0.2) is 5.17 Å². The number of carbonyl (C=O) groups is 2. The molecule has 2 N–H and O–H groups in total. The number of hydrogen-bond donors (Lipinski definition) is 2. The molecule has 0 saturated carbocycles. The lowest BCUT2D eigenvalue weighted by atomic mass is 9.92. The number of carbonyl (C=O) groups excluding carboxylic acids is 2. The molecule has 5 rings (SSSR count). The van der Waals surface area contributed by atoms with Gasteiger partial charge in [0.2, 0.25) is 5.91 Å². The van der Waals surface area contributed by atoms with Crippen molar-refractivity contribution in [2.24, 2.45) is 4.99 Å². The number of ether oxygens (including phenoxy) is 1. The average molecular weight is 515 g/mol. The summed E-state index contributed by atoms with van der Waals surface area (Å²) in [5.74, 6) is -0.466. The van der Waals surface area contributed by atoms with Crippen LogP contribution >= 0.6 is 11.8 Å². The van der Waals surface area contributed by atoms with Gasteiger partial charge in [0, 0.05) is 29.3 Å². The smallest absolute Gasteiger partial charge is 0.338 e. The molecule has 37 heavy (non-hydrogen) atoms. The number of aromatic amines is 1. The molecule has 0 bridgehead atoms. The Kier molecular flexibility index (Phi) is 7.19. The van der Waals surface area contributed by atoms with Crippen LogP contribution in [0.3, 0.4) is 0 Å². The fourth-order valence-corrected chi connectivity index (χ4v) is 5.91. The van der Waals surface area contributed by atoms with E-state index in [0.717, 1.165) is 39.6 Å². The van der Waals surface area contributed by atoms with Crippen LogP contribution in [0.25, 0.3) is 10.9 Å². The Bertz CT molecular complexity index is 1450. The van der Waals surface area contributed by atoms with Crippen LogP contribution in [0.2, 0.25) is 0 Å². The highest BCUT2D eigenvalue weighted by Gasteiger charge is 2.41. The van der Waals surface area contributed by atoms with Crippen molar-refractivity contribution in [3.05, 3.63) is 93.8 Å². The van der Waals surface area contributed by atoms with Gasteiger partial charge in [-0.2, -0.15) is 0 Å². The topological polar surface area (TPSA) is 86.8 Å². The first-order valence-electron chi connectivity index (χ1n) is 12.4. The Morgan fingerprint density at radius 3 is 2.81 bits per heavy atom. The number of aliphatic imine (C=N–C) groups is 1. The minimum atomic E-state index is -0.407. The molecule has 2 aliphatic rings. The number of benzene rings is 2. The van der Waals surface area contributed by atoms with Crippen molar-refractivity contribution in [1.29, 1.82) is 0 Å². The Balaban J connectivity index is 1.35. The molecule has 3 aromatic rings. The van der Waals surface area contributed by atoms with Crippen molar-refractivity contribution in [2.75, 3.05) is 13.7 Å². The number of amides is 1. The van der Waals surface area contributed by atoms with Crippen molar-refractivity contribution in [3.63, 3.8) is 0 Å². The summed E-state index contributed by atoms with van der Waals surface area (Å²) in [7, 11) is 1.39. The van der Waals surface area contributed by atoms with Crippen LogP contribution in [0.1, 0.15) is 42.5 Å². The van der Waals surface area contributed by atoms with Crippen molar-refractivity contribution >= 4 is 39.7 Å². The summed E-state index contributed by atoms with van der Waals surface area (Å²) in [6.45, 7) is 4.55. The van der Waals surface area contributed by atoms with Crippen LogP contribution in [0.5, 0.6) is 0 Å². The van der Waals surface area contributed by atoms with Crippen LogP contribution in [0, 0.1) is 6.92 Å². The molecular weight excluding hydrogens is 484 g/mol. The lowest BCUT2D eigenvalue weighted by molar-refractivity contribution is -0.136. The van der Waals surface area contributed by atoms with Crippen molar-refractivity contribution in [2.45, 2.75) is 39.2 Å². The second-order valence-electron chi connectivity index (χ2n) is 9.15. The largest absolute Gasteiger partial charge is 0.466 e. The number of aromatic nitrogens is 1. The summed E-state index contributed by atoms with van der Waals surface area (Å²) in [6.07, 6.45) is 3.54. The van der Waals surface area contributed by atoms with Gasteiger partial charge in [-0.25, -0.2) is 9.79 Å². The van der Waals surface area contributed by atoms with E-state index >= 15 is 0 Å². The molecule has 7 nitrogen and oxygen atoms in total. The second-order valence-corrected chi connectivity index (χ2v) is 9.99. The average Bonchev–Trinajstić information content (AvgIpc) is 3.51. The van der Waals surface area contributed by atoms with Gasteiger partial charge in [0.1, 0.15) is 0 Å². The molecular formula is C29H30N4O3S. The number of H-pyrrole nitrogens is 1. The maximum absolute atomic E-state index is 13.0. The first kappa shape index (κ1) is 24.9. The van der Waals surface area contributed by atoms with Gasteiger partial charge in [-0.3, -0.25) is 4.79 Å². The third kappa shape index (κ3) is 4.93. The van der Waals surface area contributed by atoms with Crippen LogP contribution in [-0.2, 0) is 20.7 Å². The number of fused-ring (bicyclic) bond motifs is 2. The maximum atomic E-state index is 13.0. The van der Waals surface area contributed by atoms with E-state index in [0.29, 0.717) is 18.5 Å². The summed E-state index contributed by atoms with van der Waals surface area (Å²) in [4.78, 5) is 36.1. The van der Waals surface area contributed by atoms with Crippen LogP contribution in [0.4, 0.5) is 0 Å². The highest BCUT2D eigenvalue weighted by Crippen LogP contribution is 2.45. The number of nitrogens with zero attached hydrogens (tertiary/aromatic N) is 2. The number of hydrogen-bond acceptors (Lipinski definition) is 6. The number of methoxy groups -OCH3 is 1. The SMILES string of the molecule is CCC1=C(C(=O)OC)[C@H](c2cccc(C)c2)N2C(CC(=O)NCCc3c[nH]c4ccccc34)=CSC2=N1. The number of amidine groups is 1. The highest BCUT2D eigenvalue weighted by molar-refractivity contribution is 8.16. The summed E-state index contributed by atoms with van der Waals surface area (Å²) >= 11 is 1.49. The Morgan fingerprint density at radius 2 is 2.03 bits per heavy atom. The molecule has 0 radical (unpaired) electrons. The second kappa shape index (κ2) is 10.7. The van der Waals surface area contributed by atoms with E-state index in [1.54, 1.807) is 0 Å². The molecule has 1 amide bonds. The molecule has 3 heterocycles. The van der Waals surface area contributed by atoms with Gasteiger partial charge in [-0.05, 0) is 42.4 Å². The predicted molar refractivity (Wildman–Crippen MR) is 148 cm³/mol. The van der Waals surface area contributed by atoms with Gasteiger partial charge in [0.05, 0.1) is 30.8 Å². The number of aryl methyl sites for hydroxylation is 1. The number of thioether (sulfide) groups is 1. The van der Waals surface area contributed by atoms with Crippen LogP contribution < -0.4 is 5.32 Å². The van der Waals surface area contributed by atoms with Gasteiger partial charge in [0.25, 0.3) is 0 Å². The van der Waals surface area contributed by atoms with Gasteiger partial charge in [-0.15, -0.1) is 0 Å². The minimum absolute atomic E-state index is 0.0687. The van der Waals surface area contributed by atoms with E-state index in [9.17, 15) is 9.59 Å². The fraction of sp³-hybridized carbons (Fsp3) is 0.276. The molecule has 1 atom stereocenters. The van der Waals surface area contributed by atoms with E-state index in [1.165, 1.54) is 29.8 Å². The van der Waals surface area contributed by atoms with Crippen LogP contribution in [0.15, 0.2) is 82.1 Å². The number of esters is 1. The zero-order valence-electron chi connectivity index (χ0n) is 21.2. The monoisotopic (exact) mass is 514 g/mol. The quantitative estimate of drug-likeness (QED) is 0.395. The zero-order valence-corrected chi connectivity index (χ0v) is 22.0. The molecule has 8 heteroatoms. The van der Waals surface area contributed by atoms with Crippen LogP contribution in [-0.4, -0.2) is 40.6 Å². The number of para-hydroxylation sites is 1.